The van der Waals surface area contributed by atoms with Gasteiger partial charge in [0, 0.05) is 11.6 Å². The highest BCUT2D eigenvalue weighted by atomic mass is 15.2. The second kappa shape index (κ2) is 4.26. The number of nitrogens with zero attached hydrogens (tertiary/aromatic N) is 1. The van der Waals surface area contributed by atoms with Crippen LogP contribution < -0.4 is 0 Å². The molecular weight excluding hydrogens is 206 g/mol. The lowest BCUT2D eigenvalue weighted by atomic mass is 9.71. The van der Waals surface area contributed by atoms with E-state index in [1.54, 1.807) is 0 Å². The van der Waals surface area contributed by atoms with Crippen molar-refractivity contribution in [1.29, 1.82) is 0 Å². The number of likely N-dealkylation sites (tertiary alicyclic amines) is 1. The van der Waals surface area contributed by atoms with Gasteiger partial charge in [0.1, 0.15) is 0 Å². The minimum absolute atomic E-state index is 0.357. The molecule has 2 rings (SSSR count). The maximum Gasteiger partial charge on any atom is 0.0132 e. The third-order valence-corrected chi connectivity index (χ3v) is 5.10. The van der Waals surface area contributed by atoms with Gasteiger partial charge in [-0.25, -0.2) is 0 Å². The van der Waals surface area contributed by atoms with Gasteiger partial charge in [0.15, 0.2) is 0 Å². The summed E-state index contributed by atoms with van der Waals surface area (Å²) < 4.78 is 0. The van der Waals surface area contributed by atoms with Gasteiger partial charge in [-0.15, -0.1) is 0 Å². The number of hydrogen-bond acceptors (Lipinski definition) is 1. The van der Waals surface area contributed by atoms with Crippen LogP contribution in [0.1, 0.15) is 67.2 Å². The number of fused-ring (bicyclic) bond motifs is 1. The molecule has 1 aliphatic heterocycles. The Kier molecular flexibility index (Phi) is 3.36. The molecule has 0 bridgehead atoms. The van der Waals surface area contributed by atoms with Crippen molar-refractivity contribution < 1.29 is 0 Å². The summed E-state index contributed by atoms with van der Waals surface area (Å²) in [5.41, 5.74) is 0.858. The summed E-state index contributed by atoms with van der Waals surface area (Å²) in [5.74, 6) is 1.90. The predicted octanol–water partition coefficient (Wildman–Crippen LogP) is 4.32. The highest BCUT2D eigenvalue weighted by molar-refractivity contribution is 5.00. The fourth-order valence-corrected chi connectivity index (χ4v) is 4.40. The normalized spacial score (nSPS) is 36.0. The lowest BCUT2D eigenvalue weighted by Gasteiger charge is -2.48. The zero-order valence-electron chi connectivity index (χ0n) is 12.7. The molecule has 3 unspecified atom stereocenters. The zero-order valence-corrected chi connectivity index (χ0v) is 12.7. The second-order valence-corrected chi connectivity index (χ2v) is 8.29. The van der Waals surface area contributed by atoms with Crippen LogP contribution in [0.15, 0.2) is 0 Å². The Morgan fingerprint density at radius 1 is 0.882 bits per heavy atom. The van der Waals surface area contributed by atoms with Crippen molar-refractivity contribution in [3.63, 3.8) is 0 Å². The van der Waals surface area contributed by atoms with Crippen molar-refractivity contribution in [2.75, 3.05) is 6.54 Å². The first-order valence-corrected chi connectivity index (χ1v) is 7.48. The first-order valence-electron chi connectivity index (χ1n) is 7.48. The van der Waals surface area contributed by atoms with Crippen LogP contribution >= 0.6 is 0 Å². The molecule has 3 atom stereocenters. The van der Waals surface area contributed by atoms with Gasteiger partial charge in [0.05, 0.1) is 0 Å². The van der Waals surface area contributed by atoms with E-state index in [0.29, 0.717) is 11.0 Å². The van der Waals surface area contributed by atoms with Crippen molar-refractivity contribution in [2.24, 2.45) is 17.3 Å². The van der Waals surface area contributed by atoms with Crippen molar-refractivity contribution >= 4 is 0 Å². The van der Waals surface area contributed by atoms with Gasteiger partial charge in [-0.3, -0.25) is 4.90 Å². The molecule has 2 aliphatic rings. The molecule has 2 fully saturated rings. The van der Waals surface area contributed by atoms with Gasteiger partial charge in [-0.1, -0.05) is 20.8 Å². The summed E-state index contributed by atoms with van der Waals surface area (Å²) in [7, 11) is 0. The fraction of sp³-hybridized carbons (Fsp3) is 1.00. The summed E-state index contributed by atoms with van der Waals surface area (Å²) in [6.07, 6.45) is 5.76. The van der Waals surface area contributed by atoms with E-state index in [4.69, 9.17) is 0 Å². The van der Waals surface area contributed by atoms with Crippen LogP contribution in [-0.2, 0) is 0 Å². The Bertz CT molecular complexity index is 268. The third-order valence-electron chi connectivity index (χ3n) is 5.10. The molecule has 100 valence electrons. The van der Waals surface area contributed by atoms with Crippen molar-refractivity contribution in [3.05, 3.63) is 0 Å². The SMILES string of the molecule is CC(C)(C)C1CCC2C1CCCN2C(C)(C)C. The topological polar surface area (TPSA) is 3.24 Å². The molecule has 0 aromatic heterocycles. The minimum atomic E-state index is 0.357. The van der Waals surface area contributed by atoms with Crippen molar-refractivity contribution in [3.8, 4) is 0 Å². The van der Waals surface area contributed by atoms with Crippen LogP contribution in [-0.4, -0.2) is 23.0 Å². The smallest absolute Gasteiger partial charge is 0.0132 e. The van der Waals surface area contributed by atoms with Gasteiger partial charge < -0.3 is 0 Å². The Morgan fingerprint density at radius 2 is 1.53 bits per heavy atom. The molecule has 1 aliphatic carbocycles. The average molecular weight is 237 g/mol. The lowest BCUT2D eigenvalue weighted by molar-refractivity contribution is 0.00729. The Labute approximate surface area is 108 Å². The molecule has 17 heavy (non-hydrogen) atoms. The van der Waals surface area contributed by atoms with E-state index in [0.717, 1.165) is 17.9 Å². The molecule has 0 aromatic carbocycles. The third kappa shape index (κ3) is 2.54. The van der Waals surface area contributed by atoms with Crippen molar-refractivity contribution in [2.45, 2.75) is 78.8 Å². The van der Waals surface area contributed by atoms with E-state index < -0.39 is 0 Å². The molecule has 0 aromatic rings. The Balaban J connectivity index is 2.16. The highest BCUT2D eigenvalue weighted by Gasteiger charge is 2.47. The summed E-state index contributed by atoms with van der Waals surface area (Å²) in [5, 5.41) is 0. The quantitative estimate of drug-likeness (QED) is 0.606. The van der Waals surface area contributed by atoms with Crippen LogP contribution in [0.5, 0.6) is 0 Å². The fourth-order valence-electron chi connectivity index (χ4n) is 4.40. The van der Waals surface area contributed by atoms with E-state index in [9.17, 15) is 0 Å². The molecular formula is C16H31N. The molecule has 0 amide bonds. The first kappa shape index (κ1) is 13.4. The van der Waals surface area contributed by atoms with E-state index in [1.807, 2.05) is 0 Å². The van der Waals surface area contributed by atoms with Gasteiger partial charge in [0.2, 0.25) is 0 Å². The van der Waals surface area contributed by atoms with E-state index in [2.05, 4.69) is 46.4 Å². The van der Waals surface area contributed by atoms with E-state index >= 15 is 0 Å². The van der Waals surface area contributed by atoms with E-state index in [-0.39, 0.29) is 0 Å². The average Bonchev–Trinajstić information content (AvgIpc) is 2.57. The maximum absolute atomic E-state index is 2.80. The summed E-state index contributed by atoms with van der Waals surface area (Å²) in [4.78, 5) is 2.80. The molecule has 1 saturated carbocycles. The summed E-state index contributed by atoms with van der Waals surface area (Å²) in [6, 6.07) is 0.868. The van der Waals surface area contributed by atoms with Crippen LogP contribution in [0.25, 0.3) is 0 Å². The van der Waals surface area contributed by atoms with Gasteiger partial charge in [-0.05, 0) is 70.3 Å². The number of piperidine rings is 1. The summed E-state index contributed by atoms with van der Waals surface area (Å²) >= 11 is 0. The summed E-state index contributed by atoms with van der Waals surface area (Å²) in [6.45, 7) is 15.8. The molecule has 1 saturated heterocycles. The Morgan fingerprint density at radius 3 is 2.06 bits per heavy atom. The second-order valence-electron chi connectivity index (χ2n) is 8.29. The predicted molar refractivity (Wildman–Crippen MR) is 75.2 cm³/mol. The van der Waals surface area contributed by atoms with Gasteiger partial charge >= 0.3 is 0 Å². The van der Waals surface area contributed by atoms with Gasteiger partial charge in [-0.2, -0.15) is 0 Å². The lowest BCUT2D eigenvalue weighted by Crippen LogP contribution is -2.53. The largest absolute Gasteiger partial charge is 0.295 e. The molecule has 1 heterocycles. The molecule has 0 spiro atoms. The standard InChI is InChI=1S/C16H31N/c1-15(2,3)13-9-10-14-12(13)8-7-11-17(14)16(4,5)6/h12-14H,7-11H2,1-6H3. The van der Waals surface area contributed by atoms with Crippen LogP contribution in [0.3, 0.4) is 0 Å². The van der Waals surface area contributed by atoms with Crippen LogP contribution in [0.2, 0.25) is 0 Å². The number of rotatable bonds is 0. The Hall–Kier alpha value is -0.0400. The van der Waals surface area contributed by atoms with Crippen molar-refractivity contribution in [1.82, 2.24) is 4.90 Å². The van der Waals surface area contributed by atoms with E-state index in [1.165, 1.54) is 32.2 Å². The minimum Gasteiger partial charge on any atom is -0.295 e. The molecule has 0 radical (unpaired) electrons. The van der Waals surface area contributed by atoms with Crippen LogP contribution in [0.4, 0.5) is 0 Å². The van der Waals surface area contributed by atoms with Crippen LogP contribution in [0, 0.1) is 17.3 Å². The molecule has 1 nitrogen and oxygen atoms in total. The highest BCUT2D eigenvalue weighted by Crippen LogP contribution is 2.50. The molecule has 1 heteroatoms. The zero-order chi connectivity index (χ0) is 12.8. The maximum atomic E-state index is 2.80. The first-order chi connectivity index (χ1) is 7.71. The van der Waals surface area contributed by atoms with Gasteiger partial charge in [0.25, 0.3) is 0 Å². The monoisotopic (exact) mass is 237 g/mol. The molecule has 0 N–H and O–H groups in total. The number of hydrogen-bond donors (Lipinski definition) is 0.